The molecule has 2 aliphatic rings. The second-order valence-corrected chi connectivity index (χ2v) is 5.17. The molecule has 1 saturated heterocycles. The van der Waals surface area contributed by atoms with Gasteiger partial charge in [0.1, 0.15) is 0 Å². The summed E-state index contributed by atoms with van der Waals surface area (Å²) in [7, 11) is 0. The molecule has 1 aliphatic heterocycles. The molecule has 0 bridgehead atoms. The zero-order chi connectivity index (χ0) is 9.10. The Labute approximate surface area is 85.4 Å². The first-order chi connectivity index (χ1) is 6.40. The number of hydrogen-bond acceptors (Lipinski definition) is 3. The van der Waals surface area contributed by atoms with Crippen molar-refractivity contribution in [1.82, 2.24) is 10.2 Å². The molecular formula is C10H20N2S. The average molecular weight is 200 g/mol. The van der Waals surface area contributed by atoms with Crippen molar-refractivity contribution in [3.8, 4) is 0 Å². The topological polar surface area (TPSA) is 15.3 Å². The van der Waals surface area contributed by atoms with Crippen LogP contribution < -0.4 is 5.32 Å². The van der Waals surface area contributed by atoms with E-state index in [2.05, 4.69) is 17.1 Å². The minimum atomic E-state index is 0.761. The Hall–Kier alpha value is 0.270. The van der Waals surface area contributed by atoms with Gasteiger partial charge in [0, 0.05) is 30.3 Å². The Balaban J connectivity index is 1.74. The van der Waals surface area contributed by atoms with Crippen LogP contribution in [0.3, 0.4) is 0 Å². The molecule has 0 amide bonds. The quantitative estimate of drug-likeness (QED) is 0.724. The van der Waals surface area contributed by atoms with Crippen LogP contribution >= 0.6 is 11.8 Å². The van der Waals surface area contributed by atoms with Crippen molar-refractivity contribution in [3.05, 3.63) is 0 Å². The molecule has 76 valence electrons. The van der Waals surface area contributed by atoms with E-state index < -0.39 is 0 Å². The molecule has 1 aliphatic carbocycles. The third-order valence-corrected chi connectivity index (χ3v) is 3.83. The van der Waals surface area contributed by atoms with E-state index in [1.807, 2.05) is 11.8 Å². The minimum absolute atomic E-state index is 0.761. The summed E-state index contributed by atoms with van der Waals surface area (Å²) in [6.07, 6.45) is 4.19. The first-order valence-electron chi connectivity index (χ1n) is 5.45. The van der Waals surface area contributed by atoms with E-state index in [1.54, 1.807) is 0 Å². The van der Waals surface area contributed by atoms with Gasteiger partial charge in [-0.05, 0) is 25.8 Å². The van der Waals surface area contributed by atoms with Crippen molar-refractivity contribution in [2.45, 2.75) is 38.3 Å². The summed E-state index contributed by atoms with van der Waals surface area (Å²) in [5.41, 5.74) is 0. The molecule has 0 aromatic rings. The van der Waals surface area contributed by atoms with Crippen LogP contribution in [-0.2, 0) is 0 Å². The number of nitrogens with zero attached hydrogens (tertiary/aromatic N) is 1. The van der Waals surface area contributed by atoms with Crippen LogP contribution in [0.1, 0.15) is 26.2 Å². The van der Waals surface area contributed by atoms with Gasteiger partial charge in [-0.25, -0.2) is 0 Å². The van der Waals surface area contributed by atoms with Crippen molar-refractivity contribution in [2.24, 2.45) is 0 Å². The lowest BCUT2D eigenvalue weighted by molar-refractivity contribution is 0.244. The lowest BCUT2D eigenvalue weighted by atomic mass is 10.3. The van der Waals surface area contributed by atoms with Gasteiger partial charge in [0.05, 0.1) is 0 Å². The molecule has 2 fully saturated rings. The standard InChI is InChI=1S/C10H20N2S/c1-2-5-12(10-3-4-10)6-9-7-13-8-11-9/h9-11H,2-8H2,1H3. The summed E-state index contributed by atoms with van der Waals surface area (Å²) in [4.78, 5) is 2.68. The third-order valence-electron chi connectivity index (χ3n) is 2.82. The normalized spacial score (nSPS) is 28.6. The molecule has 1 atom stereocenters. The Kier molecular flexibility index (Phi) is 3.52. The van der Waals surface area contributed by atoms with Crippen LogP contribution in [0, 0.1) is 0 Å². The Morgan fingerprint density at radius 3 is 2.85 bits per heavy atom. The lowest BCUT2D eigenvalue weighted by Gasteiger charge is -2.24. The van der Waals surface area contributed by atoms with E-state index in [1.165, 1.54) is 38.1 Å². The van der Waals surface area contributed by atoms with Gasteiger partial charge < -0.3 is 5.32 Å². The SMILES string of the molecule is CCCN(CC1CSCN1)C1CC1. The highest BCUT2D eigenvalue weighted by Crippen LogP contribution is 2.27. The molecule has 1 heterocycles. The second kappa shape index (κ2) is 4.67. The maximum atomic E-state index is 3.55. The maximum absolute atomic E-state index is 3.55. The third kappa shape index (κ3) is 2.86. The maximum Gasteiger partial charge on any atom is 0.0421 e. The van der Waals surface area contributed by atoms with Crippen LogP contribution in [0.15, 0.2) is 0 Å². The van der Waals surface area contributed by atoms with Gasteiger partial charge in [-0.1, -0.05) is 6.92 Å². The van der Waals surface area contributed by atoms with Gasteiger partial charge in [-0.15, -0.1) is 11.8 Å². The molecule has 0 radical (unpaired) electrons. The molecule has 0 aromatic heterocycles. The van der Waals surface area contributed by atoms with E-state index in [0.29, 0.717) is 0 Å². The predicted molar refractivity (Wildman–Crippen MR) is 59.1 cm³/mol. The fourth-order valence-electron chi connectivity index (χ4n) is 1.99. The van der Waals surface area contributed by atoms with Crippen LogP contribution in [-0.4, -0.2) is 41.7 Å². The first kappa shape index (κ1) is 9.81. The zero-order valence-corrected chi connectivity index (χ0v) is 9.28. The van der Waals surface area contributed by atoms with Gasteiger partial charge in [0.2, 0.25) is 0 Å². The summed E-state index contributed by atoms with van der Waals surface area (Å²) in [6.45, 7) is 4.87. The first-order valence-corrected chi connectivity index (χ1v) is 6.61. The Bertz CT molecular complexity index is 153. The van der Waals surface area contributed by atoms with Crippen molar-refractivity contribution in [2.75, 3.05) is 24.7 Å². The highest BCUT2D eigenvalue weighted by molar-refractivity contribution is 7.99. The Morgan fingerprint density at radius 1 is 1.46 bits per heavy atom. The molecule has 0 spiro atoms. The van der Waals surface area contributed by atoms with E-state index in [4.69, 9.17) is 0 Å². The number of nitrogens with one attached hydrogen (secondary N) is 1. The number of rotatable bonds is 5. The van der Waals surface area contributed by atoms with Gasteiger partial charge in [0.25, 0.3) is 0 Å². The van der Waals surface area contributed by atoms with Crippen LogP contribution in [0.2, 0.25) is 0 Å². The zero-order valence-electron chi connectivity index (χ0n) is 8.46. The number of thioether (sulfide) groups is 1. The summed E-state index contributed by atoms with van der Waals surface area (Å²) in [5.74, 6) is 2.47. The van der Waals surface area contributed by atoms with E-state index >= 15 is 0 Å². The van der Waals surface area contributed by atoms with Crippen molar-refractivity contribution >= 4 is 11.8 Å². The van der Waals surface area contributed by atoms with Crippen molar-refractivity contribution < 1.29 is 0 Å². The molecule has 1 saturated carbocycles. The summed E-state index contributed by atoms with van der Waals surface area (Å²) in [5, 5.41) is 3.55. The van der Waals surface area contributed by atoms with Gasteiger partial charge in [-0.2, -0.15) is 0 Å². The largest absolute Gasteiger partial charge is 0.303 e. The van der Waals surface area contributed by atoms with Crippen LogP contribution in [0.25, 0.3) is 0 Å². The fraction of sp³-hybridized carbons (Fsp3) is 1.00. The molecule has 1 unspecified atom stereocenters. The Morgan fingerprint density at radius 2 is 2.31 bits per heavy atom. The molecule has 2 nitrogen and oxygen atoms in total. The summed E-state index contributed by atoms with van der Waals surface area (Å²) >= 11 is 2.04. The molecule has 0 aromatic carbocycles. The van der Waals surface area contributed by atoms with Crippen molar-refractivity contribution in [1.29, 1.82) is 0 Å². The molecular weight excluding hydrogens is 180 g/mol. The molecule has 13 heavy (non-hydrogen) atoms. The van der Waals surface area contributed by atoms with Gasteiger partial charge >= 0.3 is 0 Å². The fourth-order valence-corrected chi connectivity index (χ4v) is 2.97. The molecule has 1 N–H and O–H groups in total. The predicted octanol–water partition coefficient (Wildman–Crippen LogP) is 1.52. The molecule has 3 heteroatoms. The van der Waals surface area contributed by atoms with Crippen molar-refractivity contribution in [3.63, 3.8) is 0 Å². The lowest BCUT2D eigenvalue weighted by Crippen LogP contribution is -2.40. The monoisotopic (exact) mass is 200 g/mol. The van der Waals surface area contributed by atoms with E-state index in [-0.39, 0.29) is 0 Å². The van der Waals surface area contributed by atoms with Crippen LogP contribution in [0.5, 0.6) is 0 Å². The summed E-state index contributed by atoms with van der Waals surface area (Å²) < 4.78 is 0. The summed E-state index contributed by atoms with van der Waals surface area (Å²) in [6, 6.07) is 1.70. The number of hydrogen-bond donors (Lipinski definition) is 1. The van der Waals surface area contributed by atoms with Gasteiger partial charge in [-0.3, -0.25) is 4.90 Å². The van der Waals surface area contributed by atoms with Gasteiger partial charge in [0.15, 0.2) is 0 Å². The average Bonchev–Trinajstić information content (AvgIpc) is 2.85. The van der Waals surface area contributed by atoms with Crippen LogP contribution in [0.4, 0.5) is 0 Å². The smallest absolute Gasteiger partial charge is 0.0421 e. The minimum Gasteiger partial charge on any atom is -0.303 e. The van der Waals surface area contributed by atoms with E-state index in [9.17, 15) is 0 Å². The second-order valence-electron chi connectivity index (χ2n) is 4.14. The van der Waals surface area contributed by atoms with E-state index in [0.717, 1.165) is 18.0 Å². The molecule has 2 rings (SSSR count). The highest BCUT2D eigenvalue weighted by Gasteiger charge is 2.30. The highest BCUT2D eigenvalue weighted by atomic mass is 32.2.